The summed E-state index contributed by atoms with van der Waals surface area (Å²) in [5, 5.41) is 2.27. The Morgan fingerprint density at radius 3 is 2.50 bits per heavy atom. The number of benzene rings is 2. The molecule has 3 aromatic rings. The molecule has 1 heterocycles. The topological polar surface area (TPSA) is 143 Å². The number of ether oxygens (including phenoxy) is 2. The van der Waals surface area contributed by atoms with Gasteiger partial charge in [-0.3, -0.25) is 9.59 Å². The summed E-state index contributed by atoms with van der Waals surface area (Å²) in [5.41, 5.74) is 10.9. The molecule has 1 aromatic heterocycles. The van der Waals surface area contributed by atoms with Gasteiger partial charge in [0.25, 0.3) is 5.91 Å². The Morgan fingerprint density at radius 2 is 1.89 bits per heavy atom. The maximum atomic E-state index is 14.3. The molecule has 13 heteroatoms. The number of nitrogens with one attached hydrogen (secondary N) is 1. The van der Waals surface area contributed by atoms with Crippen LogP contribution in [0.15, 0.2) is 40.8 Å². The van der Waals surface area contributed by atoms with Crippen molar-refractivity contribution in [1.82, 2.24) is 10.3 Å². The number of nitrogens with two attached hydrogens (primary N) is 2. The first kappa shape index (κ1) is 26.9. The van der Waals surface area contributed by atoms with Crippen LogP contribution in [0.3, 0.4) is 0 Å². The van der Waals surface area contributed by atoms with Gasteiger partial charge in [-0.2, -0.15) is 8.78 Å². The van der Waals surface area contributed by atoms with Crippen molar-refractivity contribution in [2.24, 2.45) is 17.4 Å². The predicted octanol–water partition coefficient (Wildman–Crippen LogP) is 3.99. The average molecular weight is 536 g/mol. The molecule has 2 aromatic carbocycles. The van der Waals surface area contributed by atoms with Crippen LogP contribution < -0.4 is 26.3 Å². The molecule has 38 heavy (non-hydrogen) atoms. The first-order valence-electron chi connectivity index (χ1n) is 11.6. The summed E-state index contributed by atoms with van der Waals surface area (Å²) >= 11 is 0. The third-order valence-corrected chi connectivity index (χ3v) is 5.69. The standard InChI is InChI=1S/C25H24F4N4O5/c1-11(30)21-20(23(35)32-19(22(31)34)15-6-5-14(26)9-16(15)27)33-24(38-21)13-4-7-17(37-25(28)29)18(8-13)36-10-12-2-3-12/h4-9,11-12,19,25H,2-3,10,30H2,1H3,(H2,31,34)(H,32,35)/t11-,19+/m0/s1. The summed E-state index contributed by atoms with van der Waals surface area (Å²) in [7, 11) is 0. The first-order chi connectivity index (χ1) is 18.0. The van der Waals surface area contributed by atoms with Crippen molar-refractivity contribution in [2.75, 3.05) is 6.61 Å². The number of amides is 2. The number of halogens is 4. The average Bonchev–Trinajstić information content (AvgIpc) is 3.56. The van der Waals surface area contributed by atoms with Crippen LogP contribution >= 0.6 is 0 Å². The molecule has 5 N–H and O–H groups in total. The number of oxazole rings is 1. The Labute approximate surface area is 214 Å². The number of alkyl halides is 2. The molecule has 1 fully saturated rings. The molecule has 202 valence electrons. The molecule has 2 atom stereocenters. The van der Waals surface area contributed by atoms with Crippen LogP contribution in [0.5, 0.6) is 11.5 Å². The third kappa shape index (κ3) is 6.22. The molecule has 0 radical (unpaired) electrons. The van der Waals surface area contributed by atoms with Gasteiger partial charge in [0.2, 0.25) is 11.8 Å². The fraction of sp³-hybridized carbons (Fsp3) is 0.320. The fourth-order valence-corrected chi connectivity index (χ4v) is 3.60. The zero-order valence-corrected chi connectivity index (χ0v) is 20.0. The lowest BCUT2D eigenvalue weighted by Gasteiger charge is -2.16. The van der Waals surface area contributed by atoms with Crippen molar-refractivity contribution >= 4 is 11.8 Å². The van der Waals surface area contributed by atoms with Gasteiger partial charge in [0.15, 0.2) is 23.0 Å². The van der Waals surface area contributed by atoms with E-state index in [1.165, 1.54) is 25.1 Å². The van der Waals surface area contributed by atoms with Gasteiger partial charge in [-0.15, -0.1) is 0 Å². The zero-order chi connectivity index (χ0) is 27.6. The van der Waals surface area contributed by atoms with Crippen LogP contribution in [-0.4, -0.2) is 30.0 Å². The molecular weight excluding hydrogens is 512 g/mol. The van der Waals surface area contributed by atoms with E-state index in [4.69, 9.17) is 20.6 Å². The van der Waals surface area contributed by atoms with E-state index in [2.05, 4.69) is 15.0 Å². The molecule has 9 nitrogen and oxygen atoms in total. The van der Waals surface area contributed by atoms with E-state index >= 15 is 0 Å². The summed E-state index contributed by atoms with van der Waals surface area (Å²) in [6, 6.07) is 3.93. The molecule has 0 saturated heterocycles. The van der Waals surface area contributed by atoms with E-state index < -0.39 is 42.1 Å². The second-order valence-corrected chi connectivity index (χ2v) is 8.79. The number of primary amides is 1. The molecule has 4 rings (SSSR count). The largest absolute Gasteiger partial charge is 0.489 e. The highest BCUT2D eigenvalue weighted by Crippen LogP contribution is 2.37. The first-order valence-corrected chi connectivity index (χ1v) is 11.6. The molecule has 0 bridgehead atoms. The Kier molecular flexibility index (Phi) is 7.86. The second-order valence-electron chi connectivity index (χ2n) is 8.79. The minimum atomic E-state index is -3.07. The Balaban J connectivity index is 1.65. The van der Waals surface area contributed by atoms with E-state index in [1.807, 2.05) is 0 Å². The summed E-state index contributed by atoms with van der Waals surface area (Å²) < 4.78 is 69.2. The Bertz CT molecular complexity index is 1340. The van der Waals surface area contributed by atoms with E-state index in [0.29, 0.717) is 18.6 Å². The van der Waals surface area contributed by atoms with Crippen LogP contribution in [-0.2, 0) is 4.79 Å². The highest BCUT2D eigenvalue weighted by atomic mass is 19.3. The molecule has 1 aliphatic rings. The van der Waals surface area contributed by atoms with Crippen molar-refractivity contribution in [2.45, 2.75) is 38.5 Å². The van der Waals surface area contributed by atoms with Gasteiger partial charge in [0.1, 0.15) is 17.7 Å². The number of hydrogen-bond donors (Lipinski definition) is 3. The maximum absolute atomic E-state index is 14.3. The van der Waals surface area contributed by atoms with E-state index in [1.54, 1.807) is 0 Å². The highest BCUT2D eigenvalue weighted by Gasteiger charge is 2.30. The lowest BCUT2D eigenvalue weighted by molar-refractivity contribution is -0.120. The number of nitrogens with zero attached hydrogens (tertiary/aromatic N) is 1. The number of rotatable bonds is 11. The summed E-state index contributed by atoms with van der Waals surface area (Å²) in [4.78, 5) is 29.3. The van der Waals surface area contributed by atoms with Crippen molar-refractivity contribution < 1.29 is 41.0 Å². The van der Waals surface area contributed by atoms with E-state index in [9.17, 15) is 27.2 Å². The van der Waals surface area contributed by atoms with Crippen LogP contribution in [0.4, 0.5) is 17.6 Å². The Hall–Kier alpha value is -4.13. The maximum Gasteiger partial charge on any atom is 0.387 e. The SMILES string of the molecule is C[C@H](N)c1oc(-c2ccc(OC(F)F)c(OCC3CC3)c2)nc1C(=O)N[C@@H](C(N)=O)c1ccc(F)cc1F. The zero-order valence-electron chi connectivity index (χ0n) is 20.0. The smallest absolute Gasteiger partial charge is 0.387 e. The van der Waals surface area contributed by atoms with Crippen LogP contribution in [0.2, 0.25) is 0 Å². The van der Waals surface area contributed by atoms with E-state index in [0.717, 1.165) is 25.0 Å². The minimum Gasteiger partial charge on any atom is -0.489 e. The molecular formula is C25H24F4N4O5. The molecule has 0 aliphatic heterocycles. The third-order valence-electron chi connectivity index (χ3n) is 5.69. The van der Waals surface area contributed by atoms with Gasteiger partial charge in [0, 0.05) is 17.2 Å². The molecule has 1 aliphatic carbocycles. The molecule has 1 saturated carbocycles. The number of carbonyl (C=O) groups excluding carboxylic acids is 2. The van der Waals surface area contributed by atoms with Crippen LogP contribution in [0.25, 0.3) is 11.5 Å². The molecule has 0 spiro atoms. The quantitative estimate of drug-likeness (QED) is 0.315. The van der Waals surface area contributed by atoms with Crippen LogP contribution in [0, 0.1) is 17.6 Å². The van der Waals surface area contributed by atoms with Crippen molar-refractivity contribution in [3.63, 3.8) is 0 Å². The van der Waals surface area contributed by atoms with Crippen molar-refractivity contribution in [3.8, 4) is 23.0 Å². The van der Waals surface area contributed by atoms with E-state index in [-0.39, 0.29) is 40.0 Å². The summed E-state index contributed by atoms with van der Waals surface area (Å²) in [6.07, 6.45) is 1.93. The predicted molar refractivity (Wildman–Crippen MR) is 125 cm³/mol. The summed E-state index contributed by atoms with van der Waals surface area (Å²) in [6.45, 7) is -1.26. The van der Waals surface area contributed by atoms with Gasteiger partial charge in [-0.25, -0.2) is 13.8 Å². The monoisotopic (exact) mass is 536 g/mol. The Morgan fingerprint density at radius 1 is 1.16 bits per heavy atom. The summed E-state index contributed by atoms with van der Waals surface area (Å²) in [5.74, 6) is -4.07. The van der Waals surface area contributed by atoms with Gasteiger partial charge in [-0.05, 0) is 49.9 Å². The highest BCUT2D eigenvalue weighted by molar-refractivity contribution is 5.97. The number of carbonyl (C=O) groups is 2. The lowest BCUT2D eigenvalue weighted by atomic mass is 10.0. The number of hydrogen-bond acceptors (Lipinski definition) is 7. The molecule has 0 unspecified atom stereocenters. The fourth-order valence-electron chi connectivity index (χ4n) is 3.60. The van der Waals surface area contributed by atoms with Gasteiger partial charge < -0.3 is 30.7 Å². The van der Waals surface area contributed by atoms with Gasteiger partial charge >= 0.3 is 6.61 Å². The van der Waals surface area contributed by atoms with Crippen molar-refractivity contribution in [3.05, 3.63) is 65.1 Å². The van der Waals surface area contributed by atoms with Crippen molar-refractivity contribution in [1.29, 1.82) is 0 Å². The van der Waals surface area contributed by atoms with Gasteiger partial charge in [-0.1, -0.05) is 6.07 Å². The van der Waals surface area contributed by atoms with Gasteiger partial charge in [0.05, 0.1) is 12.6 Å². The van der Waals surface area contributed by atoms with Crippen LogP contribution in [0.1, 0.15) is 53.7 Å². The molecule has 2 amide bonds. The normalized spacial score (nSPS) is 14.7. The minimum absolute atomic E-state index is 0.0295. The number of aromatic nitrogens is 1. The second kappa shape index (κ2) is 11.1. The lowest BCUT2D eigenvalue weighted by Crippen LogP contribution is -2.38.